The number of nitrogens with one attached hydrogen (secondary N) is 1. The van der Waals surface area contributed by atoms with Gasteiger partial charge in [-0.3, -0.25) is 9.59 Å². The number of anilines is 2. The molecule has 1 atom stereocenters. The molecule has 0 unspecified atom stereocenters. The third kappa shape index (κ3) is 6.15. The van der Waals surface area contributed by atoms with E-state index in [1.54, 1.807) is 6.92 Å². The second-order valence-electron chi connectivity index (χ2n) is 5.67. The summed E-state index contributed by atoms with van der Waals surface area (Å²) in [5.74, 6) is -0.769. The molecule has 0 bridgehead atoms. The first-order valence-corrected chi connectivity index (χ1v) is 8.79. The first-order valence-electron chi connectivity index (χ1n) is 7.91. The maximum absolute atomic E-state index is 12.0. The first kappa shape index (κ1) is 18.9. The molecular formula is C19H22N2O3S. The van der Waals surface area contributed by atoms with Gasteiger partial charge in [-0.15, -0.1) is 11.8 Å². The summed E-state index contributed by atoms with van der Waals surface area (Å²) in [4.78, 5) is 26.9. The number of nitrogens with zero attached hydrogens (tertiary/aromatic N) is 1. The monoisotopic (exact) mass is 358 g/mol. The van der Waals surface area contributed by atoms with Gasteiger partial charge in [0.25, 0.3) is 5.91 Å². The van der Waals surface area contributed by atoms with E-state index in [9.17, 15) is 9.59 Å². The molecule has 0 aliphatic heterocycles. The predicted molar refractivity (Wildman–Crippen MR) is 102 cm³/mol. The Kier molecular flexibility index (Phi) is 6.89. The van der Waals surface area contributed by atoms with E-state index < -0.39 is 5.97 Å². The number of benzene rings is 2. The molecule has 1 amide bonds. The van der Waals surface area contributed by atoms with Gasteiger partial charge in [-0.1, -0.05) is 18.2 Å². The van der Waals surface area contributed by atoms with E-state index in [1.165, 1.54) is 11.8 Å². The van der Waals surface area contributed by atoms with Crippen molar-refractivity contribution in [3.8, 4) is 0 Å². The zero-order chi connectivity index (χ0) is 18.2. The molecule has 0 saturated carbocycles. The molecule has 0 heterocycles. The molecule has 0 aliphatic rings. The van der Waals surface area contributed by atoms with Gasteiger partial charge in [0, 0.05) is 30.4 Å². The van der Waals surface area contributed by atoms with Crippen LogP contribution in [0.3, 0.4) is 0 Å². The average Bonchev–Trinajstić information content (AvgIpc) is 2.61. The summed E-state index contributed by atoms with van der Waals surface area (Å²) in [6.45, 7) is 1.46. The van der Waals surface area contributed by atoms with E-state index in [2.05, 4.69) is 5.32 Å². The molecule has 0 saturated heterocycles. The van der Waals surface area contributed by atoms with Crippen LogP contribution in [0.25, 0.3) is 0 Å². The van der Waals surface area contributed by atoms with Crippen molar-refractivity contribution in [2.24, 2.45) is 0 Å². The number of ether oxygens (including phenoxy) is 1. The number of hydrogen-bond donors (Lipinski definition) is 1. The minimum atomic E-state index is -0.410. The van der Waals surface area contributed by atoms with Gasteiger partial charge in [-0.2, -0.15) is 0 Å². The highest BCUT2D eigenvalue weighted by Crippen LogP contribution is 2.23. The lowest BCUT2D eigenvalue weighted by Crippen LogP contribution is -2.24. The molecule has 2 aromatic carbocycles. The van der Waals surface area contributed by atoms with Gasteiger partial charge in [0.1, 0.15) is 5.25 Å². The summed E-state index contributed by atoms with van der Waals surface area (Å²) in [5, 5.41) is 2.33. The van der Waals surface area contributed by atoms with Crippen molar-refractivity contribution < 1.29 is 14.3 Å². The Hall–Kier alpha value is -2.47. The number of carbonyl (C=O) groups excluding carboxylic acids is 2. The summed E-state index contributed by atoms with van der Waals surface area (Å²) in [6, 6.07) is 17.0. The van der Waals surface area contributed by atoms with Crippen molar-refractivity contribution in [1.29, 1.82) is 0 Å². The first-order chi connectivity index (χ1) is 12.0. The molecule has 0 aliphatic carbocycles. The Bertz CT molecular complexity index is 702. The fraction of sp³-hybridized carbons (Fsp3) is 0.263. The predicted octanol–water partition coefficient (Wildman–Crippen LogP) is 3.42. The molecule has 0 aromatic heterocycles. The second kappa shape index (κ2) is 9.13. The van der Waals surface area contributed by atoms with Gasteiger partial charge in [0.05, 0.1) is 0 Å². The normalized spacial score (nSPS) is 11.5. The van der Waals surface area contributed by atoms with Crippen LogP contribution in [0.15, 0.2) is 59.5 Å². The quantitative estimate of drug-likeness (QED) is 0.607. The summed E-state index contributed by atoms with van der Waals surface area (Å²) in [6.07, 6.45) is 0. The minimum absolute atomic E-state index is 0.298. The Morgan fingerprint density at radius 1 is 1.08 bits per heavy atom. The average molecular weight is 358 g/mol. The van der Waals surface area contributed by atoms with Gasteiger partial charge < -0.3 is 15.0 Å². The summed E-state index contributed by atoms with van der Waals surface area (Å²) in [5.41, 5.74) is 1.70. The molecular weight excluding hydrogens is 336 g/mol. The Labute approximate surface area is 152 Å². The zero-order valence-electron chi connectivity index (χ0n) is 14.6. The van der Waals surface area contributed by atoms with Gasteiger partial charge in [0.15, 0.2) is 6.61 Å². The van der Waals surface area contributed by atoms with Crippen LogP contribution >= 0.6 is 11.8 Å². The van der Waals surface area contributed by atoms with Crippen LogP contribution in [0.1, 0.15) is 6.92 Å². The van der Waals surface area contributed by atoms with Crippen LogP contribution in [0, 0.1) is 0 Å². The molecule has 132 valence electrons. The van der Waals surface area contributed by atoms with Gasteiger partial charge in [-0.05, 0) is 43.3 Å². The highest BCUT2D eigenvalue weighted by Gasteiger charge is 2.17. The van der Waals surface area contributed by atoms with Gasteiger partial charge >= 0.3 is 5.97 Å². The number of carbonyl (C=O) groups is 2. The van der Waals surface area contributed by atoms with Crippen LogP contribution in [0.5, 0.6) is 0 Å². The molecule has 6 heteroatoms. The smallest absolute Gasteiger partial charge is 0.319 e. The molecule has 2 aromatic rings. The number of thioether (sulfide) groups is 1. The minimum Gasteiger partial charge on any atom is -0.455 e. The van der Waals surface area contributed by atoms with Crippen LogP contribution in [0.4, 0.5) is 11.4 Å². The molecule has 2 rings (SSSR count). The Balaban J connectivity index is 1.77. The van der Waals surface area contributed by atoms with E-state index in [0.717, 1.165) is 10.6 Å². The molecule has 1 N–H and O–H groups in total. The molecule has 0 spiro atoms. The van der Waals surface area contributed by atoms with E-state index in [0.29, 0.717) is 5.69 Å². The number of esters is 1. The summed E-state index contributed by atoms with van der Waals surface area (Å²) < 4.78 is 5.09. The van der Waals surface area contributed by atoms with Crippen molar-refractivity contribution in [2.75, 3.05) is 30.9 Å². The van der Waals surface area contributed by atoms with Gasteiger partial charge in [-0.25, -0.2) is 0 Å². The highest BCUT2D eigenvalue weighted by atomic mass is 32.2. The van der Waals surface area contributed by atoms with Crippen molar-refractivity contribution >= 4 is 35.0 Å². The van der Waals surface area contributed by atoms with Crippen LogP contribution < -0.4 is 10.2 Å². The van der Waals surface area contributed by atoms with Crippen LogP contribution in [-0.2, 0) is 14.3 Å². The standard InChI is InChI=1S/C19H22N2O3S/c1-14(25-17-7-5-4-6-8-17)19(23)24-13-18(22)20-15-9-11-16(12-10-15)21(2)3/h4-12,14H,13H2,1-3H3,(H,20,22)/t14-/m1/s1. The number of amides is 1. The summed E-state index contributed by atoms with van der Waals surface area (Å²) in [7, 11) is 3.89. The summed E-state index contributed by atoms with van der Waals surface area (Å²) >= 11 is 1.40. The Morgan fingerprint density at radius 3 is 2.32 bits per heavy atom. The Morgan fingerprint density at radius 2 is 1.72 bits per heavy atom. The zero-order valence-corrected chi connectivity index (χ0v) is 15.4. The van der Waals surface area contributed by atoms with E-state index in [-0.39, 0.29) is 17.8 Å². The van der Waals surface area contributed by atoms with Crippen molar-refractivity contribution in [3.05, 3.63) is 54.6 Å². The maximum Gasteiger partial charge on any atom is 0.319 e. The van der Waals surface area contributed by atoms with E-state index in [4.69, 9.17) is 4.74 Å². The van der Waals surface area contributed by atoms with E-state index >= 15 is 0 Å². The second-order valence-corrected chi connectivity index (χ2v) is 7.08. The third-order valence-corrected chi connectivity index (χ3v) is 4.49. The van der Waals surface area contributed by atoms with E-state index in [1.807, 2.05) is 73.6 Å². The van der Waals surface area contributed by atoms with Crippen LogP contribution in [-0.4, -0.2) is 37.8 Å². The maximum atomic E-state index is 12.0. The van der Waals surface area contributed by atoms with Gasteiger partial charge in [0.2, 0.25) is 0 Å². The number of rotatable bonds is 7. The number of hydrogen-bond acceptors (Lipinski definition) is 5. The lowest BCUT2D eigenvalue weighted by molar-refractivity contribution is -0.146. The lowest BCUT2D eigenvalue weighted by atomic mass is 10.2. The van der Waals surface area contributed by atoms with Crippen molar-refractivity contribution in [3.63, 3.8) is 0 Å². The lowest BCUT2D eigenvalue weighted by Gasteiger charge is -2.13. The highest BCUT2D eigenvalue weighted by molar-refractivity contribution is 8.00. The molecule has 25 heavy (non-hydrogen) atoms. The fourth-order valence-electron chi connectivity index (χ4n) is 2.05. The van der Waals surface area contributed by atoms with Crippen molar-refractivity contribution in [1.82, 2.24) is 0 Å². The topological polar surface area (TPSA) is 58.6 Å². The third-order valence-electron chi connectivity index (χ3n) is 3.40. The SMILES string of the molecule is C[C@@H](Sc1ccccc1)C(=O)OCC(=O)Nc1ccc(N(C)C)cc1. The molecule has 0 fully saturated rings. The van der Waals surface area contributed by atoms with Crippen LogP contribution in [0.2, 0.25) is 0 Å². The molecule has 0 radical (unpaired) electrons. The molecule has 5 nitrogen and oxygen atoms in total. The largest absolute Gasteiger partial charge is 0.455 e. The fourth-order valence-corrected chi connectivity index (χ4v) is 2.93. The van der Waals surface area contributed by atoms with Crippen molar-refractivity contribution in [2.45, 2.75) is 17.1 Å².